The number of hydrogen-bond donors (Lipinski definition) is 6. The minimum Gasteiger partial charge on any atom is -0.481 e. The van der Waals surface area contributed by atoms with Gasteiger partial charge in [-0.05, 0) is 24.3 Å². The molecule has 0 spiro atoms. The third kappa shape index (κ3) is 9.22. The fraction of sp³-hybridized carbons (Fsp3) is 0.227. The quantitative estimate of drug-likeness (QED) is 0.159. The van der Waals surface area contributed by atoms with Crippen molar-refractivity contribution in [3.8, 4) is 0 Å². The molecule has 13 heteroatoms. The predicted octanol–water partition coefficient (Wildman–Crippen LogP) is 3.12. The van der Waals surface area contributed by atoms with E-state index in [2.05, 4.69) is 9.97 Å². The van der Waals surface area contributed by atoms with Crippen LogP contribution >= 0.6 is 23.5 Å². The van der Waals surface area contributed by atoms with Crippen molar-refractivity contribution in [2.75, 3.05) is 11.5 Å². The molecule has 0 aliphatic heterocycles. The van der Waals surface area contributed by atoms with E-state index in [1.165, 1.54) is 11.8 Å². The molecule has 0 saturated carbocycles. The molecule has 11 nitrogen and oxygen atoms in total. The third-order valence-electron chi connectivity index (χ3n) is 4.39. The number of H-pyrrole nitrogens is 1. The molecular weight excluding hydrogens is 498 g/mol. The van der Waals surface area contributed by atoms with Gasteiger partial charge in [-0.3, -0.25) is 19.2 Å². The van der Waals surface area contributed by atoms with E-state index in [9.17, 15) is 19.2 Å². The minimum absolute atomic E-state index is 0.190. The van der Waals surface area contributed by atoms with Gasteiger partial charge < -0.3 is 31.1 Å². The molecule has 0 amide bonds. The average Bonchev–Trinajstić information content (AvgIpc) is 3.19. The maximum absolute atomic E-state index is 10.9. The standard InChI is InChI=1S/C11H10N2O4S.C11H13NO4S/c14-9(15)5-8(10(16)17)18-11-12-6-3-1-2-4-7(6)13-11;12-8-3-1-2-4-9(8)17-6-7(11(15)16)5-10(13)14/h1-4,8H,5H2,(H,12,13)(H,14,15)(H,16,17);1-4,7H,5-6,12H2,(H,13,14)(H,15,16). The Labute approximate surface area is 207 Å². The van der Waals surface area contributed by atoms with Crippen LogP contribution in [0, 0.1) is 5.92 Å². The van der Waals surface area contributed by atoms with Gasteiger partial charge in [0.2, 0.25) is 0 Å². The number of nitrogens with one attached hydrogen (secondary N) is 1. The largest absolute Gasteiger partial charge is 0.481 e. The van der Waals surface area contributed by atoms with Crippen molar-refractivity contribution in [1.29, 1.82) is 0 Å². The van der Waals surface area contributed by atoms with Gasteiger partial charge in [0.25, 0.3) is 0 Å². The summed E-state index contributed by atoms with van der Waals surface area (Å²) in [7, 11) is 0. The van der Waals surface area contributed by atoms with E-state index in [1.54, 1.807) is 30.3 Å². The summed E-state index contributed by atoms with van der Waals surface area (Å²) in [6, 6.07) is 14.3. The van der Waals surface area contributed by atoms with E-state index < -0.39 is 41.5 Å². The highest BCUT2D eigenvalue weighted by Crippen LogP contribution is 2.27. The van der Waals surface area contributed by atoms with Crippen LogP contribution in [0.15, 0.2) is 58.6 Å². The van der Waals surface area contributed by atoms with E-state index in [0.717, 1.165) is 27.7 Å². The topological polar surface area (TPSA) is 204 Å². The molecule has 2 atom stereocenters. The van der Waals surface area contributed by atoms with Crippen LogP contribution in [0.3, 0.4) is 0 Å². The summed E-state index contributed by atoms with van der Waals surface area (Å²) in [5.74, 6) is -5.24. The zero-order valence-electron chi connectivity index (χ0n) is 18.2. The highest BCUT2D eigenvalue weighted by Gasteiger charge is 2.24. The van der Waals surface area contributed by atoms with Crippen LogP contribution in [0.4, 0.5) is 5.69 Å². The molecule has 0 fully saturated rings. The lowest BCUT2D eigenvalue weighted by Gasteiger charge is -2.10. The second-order valence-corrected chi connectivity index (χ2v) is 9.34. The molecule has 0 radical (unpaired) electrons. The molecule has 2 aromatic carbocycles. The van der Waals surface area contributed by atoms with Crippen molar-refractivity contribution in [3.63, 3.8) is 0 Å². The molecule has 35 heavy (non-hydrogen) atoms. The van der Waals surface area contributed by atoms with Crippen LogP contribution in [0.25, 0.3) is 11.0 Å². The smallest absolute Gasteiger partial charge is 0.317 e. The number of aliphatic carboxylic acids is 4. The molecule has 2 unspecified atom stereocenters. The number of rotatable bonds is 11. The Kier molecular flexibility index (Phi) is 10.4. The van der Waals surface area contributed by atoms with Gasteiger partial charge in [-0.15, -0.1) is 11.8 Å². The van der Waals surface area contributed by atoms with Gasteiger partial charge in [-0.1, -0.05) is 36.0 Å². The number of nitrogens with two attached hydrogens (primary N) is 1. The Morgan fingerprint density at radius 2 is 1.51 bits per heavy atom. The monoisotopic (exact) mass is 521 g/mol. The Balaban J connectivity index is 0.000000247. The molecular formula is C22H23N3O8S2. The lowest BCUT2D eigenvalue weighted by atomic mass is 10.1. The summed E-state index contributed by atoms with van der Waals surface area (Å²) in [5, 5.41) is 34.4. The molecule has 3 rings (SSSR count). The molecule has 0 bridgehead atoms. The minimum atomic E-state index is -1.16. The number of aromatic nitrogens is 2. The number of carboxylic acids is 4. The van der Waals surface area contributed by atoms with Crippen LogP contribution in [0.5, 0.6) is 0 Å². The first kappa shape index (κ1) is 27.5. The first-order valence-electron chi connectivity index (χ1n) is 10.0. The maximum atomic E-state index is 10.9. The number of carboxylic acid groups (broad SMARTS) is 4. The van der Waals surface area contributed by atoms with Gasteiger partial charge in [-0.25, -0.2) is 4.98 Å². The maximum Gasteiger partial charge on any atom is 0.317 e. The van der Waals surface area contributed by atoms with Gasteiger partial charge in [0.05, 0.1) is 29.8 Å². The number of para-hydroxylation sites is 3. The zero-order valence-corrected chi connectivity index (χ0v) is 19.8. The predicted molar refractivity (Wildman–Crippen MR) is 131 cm³/mol. The van der Waals surface area contributed by atoms with E-state index in [0.29, 0.717) is 10.8 Å². The van der Waals surface area contributed by atoms with Crippen molar-refractivity contribution in [1.82, 2.24) is 9.97 Å². The van der Waals surface area contributed by atoms with Crippen LogP contribution in [0.1, 0.15) is 12.8 Å². The second kappa shape index (κ2) is 13.2. The van der Waals surface area contributed by atoms with E-state index >= 15 is 0 Å². The molecule has 186 valence electrons. The molecule has 0 aliphatic rings. The lowest BCUT2D eigenvalue weighted by Crippen LogP contribution is -2.20. The number of nitrogen functional groups attached to an aromatic ring is 1. The number of hydrogen-bond acceptors (Lipinski definition) is 8. The summed E-state index contributed by atoms with van der Waals surface area (Å²) >= 11 is 2.16. The molecule has 0 saturated heterocycles. The second-order valence-electron chi connectivity index (χ2n) is 7.08. The highest BCUT2D eigenvalue weighted by atomic mass is 32.2. The third-order valence-corrected chi connectivity index (χ3v) is 6.71. The molecule has 7 N–H and O–H groups in total. The van der Waals surface area contributed by atoms with Crippen molar-refractivity contribution in [3.05, 3.63) is 48.5 Å². The van der Waals surface area contributed by atoms with Crippen molar-refractivity contribution in [2.24, 2.45) is 5.92 Å². The summed E-state index contributed by atoms with van der Waals surface area (Å²) in [6.45, 7) is 0. The molecule has 1 aromatic heterocycles. The zero-order chi connectivity index (χ0) is 26.0. The van der Waals surface area contributed by atoms with Gasteiger partial charge in [0.15, 0.2) is 5.16 Å². The highest BCUT2D eigenvalue weighted by molar-refractivity contribution is 8.00. The number of aromatic amines is 1. The molecule has 0 aliphatic carbocycles. The Morgan fingerprint density at radius 3 is 2.09 bits per heavy atom. The number of anilines is 1. The SMILES string of the molecule is Nc1ccccc1SCC(CC(=O)O)C(=O)O.O=C(O)CC(Sc1nc2ccccc2[nH]1)C(=O)O. The normalized spacial score (nSPS) is 12.2. The van der Waals surface area contributed by atoms with E-state index in [-0.39, 0.29) is 12.2 Å². The number of carbonyl (C=O) groups is 4. The molecule has 1 heterocycles. The van der Waals surface area contributed by atoms with Gasteiger partial charge in [0, 0.05) is 16.3 Å². The Hall–Kier alpha value is -3.71. The van der Waals surface area contributed by atoms with Crippen molar-refractivity contribution < 1.29 is 39.6 Å². The van der Waals surface area contributed by atoms with Crippen LogP contribution in [-0.2, 0) is 19.2 Å². The van der Waals surface area contributed by atoms with Gasteiger partial charge in [0.1, 0.15) is 5.25 Å². The number of benzene rings is 2. The first-order chi connectivity index (χ1) is 16.6. The van der Waals surface area contributed by atoms with Crippen LogP contribution in [0.2, 0.25) is 0 Å². The number of fused-ring (bicyclic) bond motifs is 1. The van der Waals surface area contributed by atoms with E-state index in [4.69, 9.17) is 26.2 Å². The van der Waals surface area contributed by atoms with Gasteiger partial charge in [-0.2, -0.15) is 0 Å². The average molecular weight is 522 g/mol. The number of thioether (sulfide) groups is 2. The lowest BCUT2D eigenvalue weighted by molar-refractivity contribution is -0.147. The van der Waals surface area contributed by atoms with E-state index in [1.807, 2.05) is 18.2 Å². The van der Waals surface area contributed by atoms with Crippen LogP contribution < -0.4 is 5.73 Å². The van der Waals surface area contributed by atoms with Crippen molar-refractivity contribution in [2.45, 2.75) is 28.1 Å². The Bertz CT molecular complexity index is 1170. The van der Waals surface area contributed by atoms with Crippen molar-refractivity contribution >= 4 is 64.1 Å². The first-order valence-corrected chi connectivity index (χ1v) is 11.9. The fourth-order valence-electron chi connectivity index (χ4n) is 2.69. The number of imidazole rings is 1. The Morgan fingerprint density at radius 1 is 0.886 bits per heavy atom. The molecule has 3 aromatic rings. The van der Waals surface area contributed by atoms with Crippen LogP contribution in [-0.4, -0.2) is 65.3 Å². The number of nitrogens with zero attached hydrogens (tertiary/aromatic N) is 1. The summed E-state index contributed by atoms with van der Waals surface area (Å²) < 4.78 is 0. The fourth-order valence-corrected chi connectivity index (χ4v) is 4.66. The summed E-state index contributed by atoms with van der Waals surface area (Å²) in [4.78, 5) is 50.7. The van der Waals surface area contributed by atoms with Gasteiger partial charge >= 0.3 is 23.9 Å². The summed E-state index contributed by atoms with van der Waals surface area (Å²) in [5.41, 5.74) is 7.78. The summed E-state index contributed by atoms with van der Waals surface area (Å²) in [6.07, 6.45) is -0.827.